The third kappa shape index (κ3) is 53.7. The van der Waals surface area contributed by atoms with Crippen LogP contribution in [0.2, 0.25) is 0 Å². The maximum atomic E-state index is 10.5. The Hall–Kier alpha value is 0.137. The van der Waals surface area contributed by atoms with Crippen LogP contribution < -0.4 is 0 Å². The van der Waals surface area contributed by atoms with E-state index < -0.39 is 0 Å². The Morgan fingerprint density at radius 2 is 0.297 bits per heavy atom. The normalized spacial score (nSPS) is 15.9. The van der Waals surface area contributed by atoms with E-state index in [0.29, 0.717) is 18.6 Å². The molecule has 0 aromatic heterocycles. The molecule has 2 nitrogen and oxygen atoms in total. The van der Waals surface area contributed by atoms with Crippen LogP contribution in [0.4, 0.5) is 0 Å². The van der Waals surface area contributed by atoms with Crippen molar-refractivity contribution in [3.63, 3.8) is 0 Å². The van der Waals surface area contributed by atoms with Crippen LogP contribution in [-0.4, -0.2) is 34.4 Å². The second-order valence-corrected chi connectivity index (χ2v) is 31.6. The van der Waals surface area contributed by atoms with Crippen molar-refractivity contribution in [2.45, 2.75) is 513 Å². The SMILES string of the molecule is CCCCCC(CO)(CCCCC)CCCC(CCCCC)(CCCCC)CCCCC.CCCCCC(CO)(CCCCC)CCCCC.CCCCCCCCCC1C(CCCCCCCCC)C(CCCCCCCCC)C1CCCCCCCCC.[SiH4]. The zero-order valence-corrected chi connectivity index (χ0v) is 65.5. The molecule has 1 rings (SSSR count). The summed E-state index contributed by atoms with van der Waals surface area (Å²) in [5.41, 5.74) is 1.03. The van der Waals surface area contributed by atoms with Crippen molar-refractivity contribution in [3.05, 3.63) is 0 Å². The number of aliphatic hydroxyl groups is 2. The molecular formula is C88H184O2Si. The van der Waals surface area contributed by atoms with E-state index >= 15 is 0 Å². The quantitative estimate of drug-likeness (QED) is 0.0471. The summed E-state index contributed by atoms with van der Waals surface area (Å²) in [6.45, 7) is 28.6. The average Bonchev–Trinajstić information content (AvgIpc) is 0.927. The number of hydrogen-bond acceptors (Lipinski definition) is 2. The molecule has 1 fully saturated rings. The number of hydrogen-bond donors (Lipinski definition) is 2. The molecule has 1 aliphatic rings. The first-order valence-electron chi connectivity index (χ1n) is 43.3. The molecule has 2 N–H and O–H groups in total. The first-order chi connectivity index (χ1) is 44.1. The molecule has 0 radical (unpaired) electrons. The van der Waals surface area contributed by atoms with E-state index in [1.807, 2.05) is 0 Å². The highest BCUT2D eigenvalue weighted by Gasteiger charge is 2.47. The largest absolute Gasteiger partial charge is 0.396 e. The maximum Gasteiger partial charge on any atom is 0.0487 e. The Labute approximate surface area is 584 Å². The highest BCUT2D eigenvalue weighted by molar-refractivity contribution is 5.75. The average molecular weight is 1300 g/mol. The Morgan fingerprint density at radius 1 is 0.165 bits per heavy atom. The van der Waals surface area contributed by atoms with E-state index in [1.165, 1.54) is 405 Å². The molecule has 91 heavy (non-hydrogen) atoms. The molecule has 0 unspecified atom stereocenters. The van der Waals surface area contributed by atoms with E-state index in [2.05, 4.69) is 83.1 Å². The molecule has 552 valence electrons. The van der Waals surface area contributed by atoms with Gasteiger partial charge in [-0.1, -0.05) is 423 Å². The summed E-state index contributed by atoms with van der Waals surface area (Å²) < 4.78 is 0. The predicted octanol–water partition coefficient (Wildman–Crippen LogP) is 30.3. The highest BCUT2D eigenvalue weighted by atomic mass is 28.1. The van der Waals surface area contributed by atoms with Crippen molar-refractivity contribution in [2.24, 2.45) is 39.9 Å². The fourth-order valence-corrected chi connectivity index (χ4v) is 17.0. The van der Waals surface area contributed by atoms with Crippen LogP contribution in [0.5, 0.6) is 0 Å². The molecule has 0 spiro atoms. The van der Waals surface area contributed by atoms with E-state index in [1.54, 1.807) is 25.7 Å². The highest BCUT2D eigenvalue weighted by Crippen LogP contribution is 2.55. The van der Waals surface area contributed by atoms with E-state index in [-0.39, 0.29) is 21.8 Å². The van der Waals surface area contributed by atoms with Crippen LogP contribution in [0.25, 0.3) is 0 Å². The molecule has 0 atom stereocenters. The third-order valence-electron chi connectivity index (χ3n) is 23.3. The molecule has 0 heterocycles. The molecule has 1 aliphatic carbocycles. The van der Waals surface area contributed by atoms with Crippen LogP contribution >= 0.6 is 0 Å². The zero-order valence-electron chi connectivity index (χ0n) is 65.5. The van der Waals surface area contributed by atoms with Crippen molar-refractivity contribution in [3.8, 4) is 0 Å². The van der Waals surface area contributed by atoms with E-state index in [4.69, 9.17) is 0 Å². The summed E-state index contributed by atoms with van der Waals surface area (Å²) in [6, 6.07) is 0. The molecule has 1 saturated carbocycles. The van der Waals surface area contributed by atoms with Crippen molar-refractivity contribution in [1.29, 1.82) is 0 Å². The van der Waals surface area contributed by atoms with Crippen LogP contribution in [0, 0.1) is 39.9 Å². The minimum absolute atomic E-state index is 0. The minimum Gasteiger partial charge on any atom is -0.396 e. The zero-order chi connectivity index (χ0) is 66.6. The van der Waals surface area contributed by atoms with Crippen LogP contribution in [0.3, 0.4) is 0 Å². The molecule has 0 aromatic carbocycles. The second kappa shape index (κ2) is 72.9. The lowest BCUT2D eigenvalue weighted by molar-refractivity contribution is -0.0486. The maximum absolute atomic E-state index is 10.5. The second-order valence-electron chi connectivity index (χ2n) is 31.6. The molecule has 0 saturated heterocycles. The van der Waals surface area contributed by atoms with Crippen LogP contribution in [0.15, 0.2) is 0 Å². The van der Waals surface area contributed by atoms with Gasteiger partial charge in [0.25, 0.3) is 0 Å². The third-order valence-corrected chi connectivity index (χ3v) is 23.3. The van der Waals surface area contributed by atoms with Crippen molar-refractivity contribution < 1.29 is 10.2 Å². The summed E-state index contributed by atoms with van der Waals surface area (Å²) in [5, 5.41) is 20.4. The van der Waals surface area contributed by atoms with Crippen LogP contribution in [0.1, 0.15) is 513 Å². The molecule has 0 bridgehead atoms. The Balaban J connectivity index is -0.00000136. The van der Waals surface area contributed by atoms with Gasteiger partial charge in [0.15, 0.2) is 0 Å². The fourth-order valence-electron chi connectivity index (χ4n) is 17.0. The smallest absolute Gasteiger partial charge is 0.0487 e. The summed E-state index contributed by atoms with van der Waals surface area (Å²) in [6.07, 6.45) is 94.2. The fraction of sp³-hybridized carbons (Fsp3) is 1.00. The first-order valence-corrected chi connectivity index (χ1v) is 43.3. The van der Waals surface area contributed by atoms with Crippen LogP contribution in [-0.2, 0) is 0 Å². The molecular weight excluding hydrogens is 1120 g/mol. The Morgan fingerprint density at radius 3 is 0.473 bits per heavy atom. The topological polar surface area (TPSA) is 40.5 Å². The lowest BCUT2D eigenvalue weighted by atomic mass is 9.51. The van der Waals surface area contributed by atoms with Gasteiger partial charge in [0.05, 0.1) is 0 Å². The summed E-state index contributed by atoms with van der Waals surface area (Å²) in [7, 11) is 0. The van der Waals surface area contributed by atoms with Crippen molar-refractivity contribution in [1.82, 2.24) is 0 Å². The van der Waals surface area contributed by atoms with Crippen molar-refractivity contribution in [2.75, 3.05) is 13.2 Å². The van der Waals surface area contributed by atoms with Gasteiger partial charge in [-0.15, -0.1) is 0 Å². The molecule has 3 heteroatoms. The van der Waals surface area contributed by atoms with Gasteiger partial charge in [0.1, 0.15) is 0 Å². The number of aliphatic hydroxyl groups excluding tert-OH is 2. The van der Waals surface area contributed by atoms with Gasteiger partial charge in [0.2, 0.25) is 0 Å². The van der Waals surface area contributed by atoms with Gasteiger partial charge in [-0.2, -0.15) is 0 Å². The first kappa shape index (κ1) is 95.3. The molecule has 0 amide bonds. The Bertz CT molecular complexity index is 1170. The van der Waals surface area contributed by atoms with E-state index in [0.717, 1.165) is 23.7 Å². The number of unbranched alkanes of at least 4 members (excludes halogenated alkanes) is 40. The summed E-state index contributed by atoms with van der Waals surface area (Å²) in [4.78, 5) is 0. The lowest BCUT2D eigenvalue weighted by Crippen LogP contribution is -2.46. The van der Waals surface area contributed by atoms with Gasteiger partial charge < -0.3 is 10.2 Å². The number of rotatable bonds is 70. The molecule has 0 aromatic rings. The van der Waals surface area contributed by atoms with Gasteiger partial charge in [-0.25, -0.2) is 0 Å². The monoisotopic (exact) mass is 1300 g/mol. The van der Waals surface area contributed by atoms with Gasteiger partial charge in [-0.3, -0.25) is 0 Å². The van der Waals surface area contributed by atoms with Crippen molar-refractivity contribution >= 4 is 11.0 Å². The lowest BCUT2D eigenvalue weighted by Gasteiger charge is -2.54. The van der Waals surface area contributed by atoms with Gasteiger partial charge in [0, 0.05) is 13.2 Å². The molecule has 0 aliphatic heterocycles. The summed E-state index contributed by atoms with van der Waals surface area (Å²) >= 11 is 0. The predicted molar refractivity (Wildman–Crippen MR) is 424 cm³/mol. The summed E-state index contributed by atoms with van der Waals surface area (Å²) in [5.74, 6) is 4.35. The van der Waals surface area contributed by atoms with E-state index in [9.17, 15) is 10.2 Å². The van der Waals surface area contributed by atoms with Gasteiger partial charge >= 0.3 is 0 Å². The standard InChI is InChI=1S/C40H80.C31H64O.C17H36O.H4Si/c1-5-9-13-17-21-25-29-33-37-38(34-30-26-22-18-14-10-6-2)40(36-32-28-24-20-16-12-8-4)39(37)35-31-27-23-19-15-11-7-3;1-6-11-16-22-30(23-17-12-7-2,24-18-13-8-3)27-21-28-31(29-32,25-19-14-9-4)26-20-15-10-5;1-4-7-10-13-17(16-18,14-11-8-5-2)15-12-9-6-3;/h37-40H,5-36H2,1-4H3;32H,6-29H2,1-5H3;18H,4-16H2,1-3H3;1H4. The Kier molecular flexibility index (Phi) is 76.3. The van der Waals surface area contributed by atoms with Gasteiger partial charge in [-0.05, 0) is 141 Å². The minimum atomic E-state index is 0.